The quantitative estimate of drug-likeness (QED) is 0.442. The van der Waals surface area contributed by atoms with E-state index in [4.69, 9.17) is 4.74 Å². The van der Waals surface area contributed by atoms with Crippen molar-refractivity contribution in [1.29, 1.82) is 0 Å². The Hall–Kier alpha value is -3.02. The Labute approximate surface area is 223 Å². The molecule has 0 atom stereocenters. The molecule has 0 saturated heterocycles. The smallest absolute Gasteiger partial charge is 0.227 e. The van der Waals surface area contributed by atoms with E-state index >= 15 is 0 Å². The van der Waals surface area contributed by atoms with E-state index in [1.807, 2.05) is 59.3 Å². The van der Waals surface area contributed by atoms with Crippen molar-refractivity contribution in [3.63, 3.8) is 0 Å². The van der Waals surface area contributed by atoms with Gasteiger partial charge in [0.1, 0.15) is 5.75 Å². The third-order valence-corrected chi connectivity index (χ3v) is 7.10. The van der Waals surface area contributed by atoms with E-state index in [2.05, 4.69) is 24.8 Å². The molecule has 0 radical (unpaired) electrons. The second-order valence-corrected chi connectivity index (χ2v) is 10.6. The lowest BCUT2D eigenvalue weighted by Gasteiger charge is -2.29. The minimum Gasteiger partial charge on any atom is -0.495 e. The fourth-order valence-electron chi connectivity index (χ4n) is 5.01. The number of hydrogen-bond donors (Lipinski definition) is 0. The minimum atomic E-state index is 0.145. The molecule has 1 aliphatic rings. The van der Waals surface area contributed by atoms with Gasteiger partial charge in [0, 0.05) is 51.8 Å². The first-order chi connectivity index (χ1) is 17.9. The van der Waals surface area contributed by atoms with Gasteiger partial charge in [-0.05, 0) is 42.5 Å². The molecule has 0 unspecified atom stereocenters. The number of fused-ring (bicyclic) bond motifs is 1. The summed E-state index contributed by atoms with van der Waals surface area (Å²) in [5.74, 6) is 1.43. The van der Waals surface area contributed by atoms with Gasteiger partial charge in [-0.15, -0.1) is 0 Å². The number of benzene rings is 2. The van der Waals surface area contributed by atoms with Gasteiger partial charge in [0.25, 0.3) is 0 Å². The van der Waals surface area contributed by atoms with Gasteiger partial charge in [0.2, 0.25) is 11.8 Å². The van der Waals surface area contributed by atoms with Crippen molar-refractivity contribution in [2.24, 2.45) is 5.92 Å². The van der Waals surface area contributed by atoms with E-state index in [1.165, 1.54) is 12.8 Å². The summed E-state index contributed by atoms with van der Waals surface area (Å²) < 4.78 is 5.50. The summed E-state index contributed by atoms with van der Waals surface area (Å²) in [5, 5.41) is 0. The van der Waals surface area contributed by atoms with Crippen molar-refractivity contribution >= 4 is 23.2 Å². The average Bonchev–Trinajstić information content (AvgIpc) is 2.91. The predicted molar refractivity (Wildman–Crippen MR) is 152 cm³/mol. The predicted octanol–water partition coefficient (Wildman–Crippen LogP) is 6.28. The van der Waals surface area contributed by atoms with Gasteiger partial charge in [0.05, 0.1) is 12.8 Å². The molecule has 1 aliphatic heterocycles. The number of carbonyl (C=O) groups excluding carboxylic acids is 2. The molecule has 2 aromatic rings. The Morgan fingerprint density at radius 1 is 0.892 bits per heavy atom. The third kappa shape index (κ3) is 8.51. The van der Waals surface area contributed by atoms with Crippen molar-refractivity contribution < 1.29 is 14.3 Å². The van der Waals surface area contributed by atoms with E-state index in [0.29, 0.717) is 31.8 Å². The largest absolute Gasteiger partial charge is 0.495 e. The summed E-state index contributed by atoms with van der Waals surface area (Å²) in [4.78, 5) is 32.9. The number of anilines is 2. The van der Waals surface area contributed by atoms with Crippen molar-refractivity contribution in [3.05, 3.63) is 54.1 Å². The van der Waals surface area contributed by atoms with Crippen LogP contribution in [0.3, 0.4) is 0 Å². The fraction of sp³-hybridized carbons (Fsp3) is 0.548. The lowest BCUT2D eigenvalue weighted by atomic mass is 10.1. The molecule has 2 amide bonds. The molecule has 0 spiro atoms. The second-order valence-electron chi connectivity index (χ2n) is 10.6. The molecule has 6 heteroatoms. The van der Waals surface area contributed by atoms with Crippen LogP contribution in [0.2, 0.25) is 0 Å². The first-order valence-electron chi connectivity index (χ1n) is 13.9. The van der Waals surface area contributed by atoms with Crippen LogP contribution in [0, 0.1) is 5.92 Å². The van der Waals surface area contributed by atoms with Crippen LogP contribution >= 0.6 is 0 Å². The molecular weight excluding hydrogens is 462 g/mol. The van der Waals surface area contributed by atoms with Crippen LogP contribution in [0.15, 0.2) is 48.5 Å². The summed E-state index contributed by atoms with van der Waals surface area (Å²) in [7, 11) is 3.67. The maximum atomic E-state index is 13.5. The zero-order chi connectivity index (χ0) is 26.6. The molecule has 0 fully saturated rings. The van der Waals surface area contributed by atoms with Gasteiger partial charge in [-0.2, -0.15) is 0 Å². The molecule has 202 valence electrons. The van der Waals surface area contributed by atoms with Gasteiger partial charge < -0.3 is 19.4 Å². The lowest BCUT2D eigenvalue weighted by molar-refractivity contribution is -0.131. The van der Waals surface area contributed by atoms with Gasteiger partial charge in [-0.25, -0.2) is 0 Å². The van der Waals surface area contributed by atoms with Crippen LogP contribution in [-0.4, -0.2) is 50.5 Å². The summed E-state index contributed by atoms with van der Waals surface area (Å²) >= 11 is 0. The van der Waals surface area contributed by atoms with E-state index in [9.17, 15) is 9.59 Å². The number of hydrogen-bond acceptors (Lipinski definition) is 4. The van der Waals surface area contributed by atoms with Crippen LogP contribution in [0.4, 0.5) is 11.4 Å². The zero-order valence-corrected chi connectivity index (χ0v) is 23.2. The maximum Gasteiger partial charge on any atom is 0.227 e. The molecule has 0 N–H and O–H groups in total. The fourth-order valence-corrected chi connectivity index (χ4v) is 5.01. The number of methoxy groups -OCH3 is 1. The molecule has 3 rings (SSSR count). The average molecular weight is 508 g/mol. The Bertz CT molecular complexity index is 1010. The maximum absolute atomic E-state index is 13.5. The zero-order valence-electron chi connectivity index (χ0n) is 23.2. The normalized spacial score (nSPS) is 15.3. The van der Waals surface area contributed by atoms with Crippen LogP contribution in [0.5, 0.6) is 5.75 Å². The van der Waals surface area contributed by atoms with E-state index in [0.717, 1.165) is 61.5 Å². The summed E-state index contributed by atoms with van der Waals surface area (Å²) in [5.41, 5.74) is 2.98. The molecule has 0 bridgehead atoms. The Balaban J connectivity index is 1.79. The number of ether oxygens (including phenoxy) is 1. The van der Waals surface area contributed by atoms with Crippen molar-refractivity contribution in [3.8, 4) is 5.75 Å². The highest BCUT2D eigenvalue weighted by molar-refractivity contribution is 5.94. The molecule has 0 aromatic heterocycles. The van der Waals surface area contributed by atoms with Crippen molar-refractivity contribution in [2.75, 3.05) is 43.6 Å². The highest BCUT2D eigenvalue weighted by Crippen LogP contribution is 2.28. The summed E-state index contributed by atoms with van der Waals surface area (Å²) in [6.45, 7) is 6.79. The van der Waals surface area contributed by atoms with Crippen LogP contribution in [0.25, 0.3) is 0 Å². The summed E-state index contributed by atoms with van der Waals surface area (Å²) in [6.07, 6.45) is 7.58. The van der Waals surface area contributed by atoms with Crippen LogP contribution in [-0.2, 0) is 16.1 Å². The minimum absolute atomic E-state index is 0.145. The molecule has 2 aromatic carbocycles. The molecule has 0 saturated carbocycles. The first-order valence-corrected chi connectivity index (χ1v) is 13.9. The van der Waals surface area contributed by atoms with Crippen molar-refractivity contribution in [2.45, 2.75) is 71.8 Å². The highest BCUT2D eigenvalue weighted by Gasteiger charge is 2.22. The number of nitrogens with zero attached hydrogens (tertiary/aromatic N) is 3. The Kier molecular flexibility index (Phi) is 11.3. The number of amides is 2. The Morgan fingerprint density at radius 2 is 1.54 bits per heavy atom. The van der Waals surface area contributed by atoms with E-state index in [1.54, 1.807) is 7.11 Å². The number of para-hydroxylation sites is 3. The molecule has 1 heterocycles. The number of carbonyl (C=O) groups is 2. The van der Waals surface area contributed by atoms with Crippen LogP contribution in [0.1, 0.15) is 70.8 Å². The van der Waals surface area contributed by atoms with Crippen molar-refractivity contribution in [1.82, 2.24) is 4.90 Å². The van der Waals surface area contributed by atoms with E-state index in [-0.39, 0.29) is 11.8 Å². The molecule has 0 aliphatic carbocycles. The standard InChI is InChI=1S/C31H45N3O3/c1-25(2)23-31(36)34-21-14-8-6-5-7-13-20-33(24-26-15-9-10-16-27(26)34)30(35)19-22-32(3)28-17-11-12-18-29(28)37-4/h9-12,15-18,25H,5-8,13-14,19-24H2,1-4H3. The third-order valence-electron chi connectivity index (χ3n) is 7.10. The number of rotatable bonds is 7. The van der Waals surface area contributed by atoms with Gasteiger partial charge in [-0.3, -0.25) is 9.59 Å². The molecular formula is C31H45N3O3. The second kappa shape index (κ2) is 14.7. The monoisotopic (exact) mass is 507 g/mol. The lowest BCUT2D eigenvalue weighted by Crippen LogP contribution is -2.36. The topological polar surface area (TPSA) is 53.1 Å². The SMILES string of the molecule is COc1ccccc1N(C)CCC(=O)N1CCCCCCCCN(C(=O)CC(C)C)c2ccccc2C1. The Morgan fingerprint density at radius 3 is 2.27 bits per heavy atom. The van der Waals surface area contributed by atoms with Gasteiger partial charge >= 0.3 is 0 Å². The van der Waals surface area contributed by atoms with Gasteiger partial charge in [-0.1, -0.05) is 69.9 Å². The van der Waals surface area contributed by atoms with E-state index < -0.39 is 0 Å². The first kappa shape index (κ1) is 28.5. The van der Waals surface area contributed by atoms with Crippen LogP contribution < -0.4 is 14.5 Å². The molecule has 37 heavy (non-hydrogen) atoms. The summed E-state index contributed by atoms with van der Waals surface area (Å²) in [6, 6.07) is 16.0. The molecule has 6 nitrogen and oxygen atoms in total. The highest BCUT2D eigenvalue weighted by atomic mass is 16.5. The van der Waals surface area contributed by atoms with Gasteiger partial charge in [0.15, 0.2) is 0 Å².